The molecular formula is C41H70O12S. The average molecular weight is 787 g/mol. The monoisotopic (exact) mass is 786 g/mol. The van der Waals surface area contributed by atoms with E-state index in [0.717, 1.165) is 77.0 Å². The minimum atomic E-state index is -5.07. The Morgan fingerprint density at radius 2 is 1.28 bits per heavy atom. The van der Waals surface area contributed by atoms with Crippen LogP contribution in [0.1, 0.15) is 129 Å². The van der Waals surface area contributed by atoms with Gasteiger partial charge in [0, 0.05) is 13.0 Å². The van der Waals surface area contributed by atoms with E-state index in [0.29, 0.717) is 13.0 Å². The number of aliphatic hydroxyl groups is 3. The first kappa shape index (κ1) is 49.8. The van der Waals surface area contributed by atoms with Crippen molar-refractivity contribution in [2.75, 3.05) is 26.4 Å². The molecule has 0 aromatic heterocycles. The molecule has 1 heterocycles. The average Bonchev–Trinajstić information content (AvgIpc) is 3.14. The van der Waals surface area contributed by atoms with E-state index in [1.807, 2.05) is 0 Å². The Hall–Kier alpha value is -2.20. The smallest absolute Gasteiger partial charge is 0.397 e. The van der Waals surface area contributed by atoms with Crippen molar-refractivity contribution >= 4 is 16.4 Å². The Morgan fingerprint density at radius 1 is 0.722 bits per heavy atom. The summed E-state index contributed by atoms with van der Waals surface area (Å²) in [6, 6.07) is 0. The zero-order valence-electron chi connectivity index (χ0n) is 32.8. The number of carbonyl (C=O) groups is 1. The fourth-order valence-corrected chi connectivity index (χ4v) is 6.12. The second-order valence-corrected chi connectivity index (χ2v) is 14.5. The van der Waals surface area contributed by atoms with Crippen molar-refractivity contribution in [3.8, 4) is 0 Å². The van der Waals surface area contributed by atoms with Crippen LogP contribution >= 0.6 is 0 Å². The third-order valence-corrected chi connectivity index (χ3v) is 9.09. The van der Waals surface area contributed by atoms with Gasteiger partial charge < -0.3 is 34.3 Å². The standard InChI is InChI=1S/C41H70O12S/c1-3-5-7-9-11-13-15-17-19-21-23-25-27-29-31-49-33-35(34-50-41-39(45)40(53-54(46,47)48)38(44)36(32-42)52-41)51-37(43)30-28-26-24-22-20-18-16-14-12-10-8-6-4-2/h5,7,11,13-14,16-17,19,23,25,35-36,38-42,44-45H,3-4,6,8-10,12,15,18,20-22,24,26-34H2,1-2H3,(H,46,47,48)/b7-5-,13-11-,16-14-,19-17-,25-23-. The summed E-state index contributed by atoms with van der Waals surface area (Å²) in [4.78, 5) is 12.8. The number of carbonyl (C=O) groups excluding carboxylic acids is 1. The topological polar surface area (TPSA) is 178 Å². The summed E-state index contributed by atoms with van der Waals surface area (Å²) in [5, 5.41) is 30.5. The Balaban J connectivity index is 2.55. The van der Waals surface area contributed by atoms with Crippen LogP contribution < -0.4 is 0 Å². The Morgan fingerprint density at radius 3 is 1.89 bits per heavy atom. The molecular weight excluding hydrogens is 717 g/mol. The summed E-state index contributed by atoms with van der Waals surface area (Å²) < 4.78 is 58.7. The van der Waals surface area contributed by atoms with Gasteiger partial charge in [0.05, 0.1) is 19.8 Å². The van der Waals surface area contributed by atoms with Crippen LogP contribution in [0, 0.1) is 0 Å². The van der Waals surface area contributed by atoms with Gasteiger partial charge in [-0.15, -0.1) is 0 Å². The van der Waals surface area contributed by atoms with Gasteiger partial charge in [-0.25, -0.2) is 4.18 Å². The molecule has 6 unspecified atom stereocenters. The van der Waals surface area contributed by atoms with Crippen LogP contribution in [0.25, 0.3) is 0 Å². The summed E-state index contributed by atoms with van der Waals surface area (Å²) in [7, 11) is -5.07. The van der Waals surface area contributed by atoms with E-state index in [9.17, 15) is 28.5 Å². The number of rotatable bonds is 33. The number of hydrogen-bond acceptors (Lipinski definition) is 11. The molecule has 6 atom stereocenters. The lowest BCUT2D eigenvalue weighted by Crippen LogP contribution is -2.60. The molecule has 1 saturated heterocycles. The highest BCUT2D eigenvalue weighted by molar-refractivity contribution is 7.80. The molecule has 1 fully saturated rings. The molecule has 0 aromatic rings. The highest BCUT2D eigenvalue weighted by atomic mass is 32.3. The van der Waals surface area contributed by atoms with Gasteiger partial charge in [0.1, 0.15) is 30.5 Å². The van der Waals surface area contributed by atoms with Gasteiger partial charge in [-0.1, -0.05) is 113 Å². The first-order chi connectivity index (χ1) is 26.1. The van der Waals surface area contributed by atoms with E-state index < -0.39 is 59.8 Å². The fourth-order valence-electron chi connectivity index (χ4n) is 5.61. The van der Waals surface area contributed by atoms with Crippen LogP contribution in [-0.4, -0.2) is 97.5 Å². The molecule has 312 valence electrons. The number of hydrogen-bond donors (Lipinski definition) is 4. The van der Waals surface area contributed by atoms with E-state index in [1.165, 1.54) is 25.7 Å². The van der Waals surface area contributed by atoms with Crippen molar-refractivity contribution in [3.63, 3.8) is 0 Å². The summed E-state index contributed by atoms with van der Waals surface area (Å²) in [5.41, 5.74) is 0. The van der Waals surface area contributed by atoms with Crippen molar-refractivity contribution in [3.05, 3.63) is 60.8 Å². The molecule has 13 heteroatoms. The number of esters is 1. The molecule has 4 N–H and O–H groups in total. The highest BCUT2D eigenvalue weighted by Gasteiger charge is 2.48. The van der Waals surface area contributed by atoms with Crippen LogP contribution in [0.3, 0.4) is 0 Å². The van der Waals surface area contributed by atoms with Gasteiger partial charge in [0.15, 0.2) is 6.29 Å². The third-order valence-electron chi connectivity index (χ3n) is 8.62. The number of ether oxygens (including phenoxy) is 4. The van der Waals surface area contributed by atoms with Gasteiger partial charge in [-0.2, -0.15) is 8.42 Å². The van der Waals surface area contributed by atoms with E-state index in [2.05, 4.69) is 78.8 Å². The van der Waals surface area contributed by atoms with E-state index in [-0.39, 0.29) is 19.6 Å². The van der Waals surface area contributed by atoms with Crippen LogP contribution in [0.15, 0.2) is 60.8 Å². The second-order valence-electron chi connectivity index (χ2n) is 13.5. The molecule has 0 aliphatic carbocycles. The van der Waals surface area contributed by atoms with E-state index >= 15 is 0 Å². The predicted molar refractivity (Wildman–Crippen MR) is 211 cm³/mol. The summed E-state index contributed by atoms with van der Waals surface area (Å²) in [5.74, 6) is -0.431. The maximum atomic E-state index is 12.8. The molecule has 1 aliphatic rings. The molecule has 0 radical (unpaired) electrons. The fraction of sp³-hybridized carbons (Fsp3) is 0.732. The minimum Gasteiger partial charge on any atom is -0.457 e. The Bertz CT molecular complexity index is 1180. The molecule has 54 heavy (non-hydrogen) atoms. The van der Waals surface area contributed by atoms with Crippen LogP contribution in [0.4, 0.5) is 0 Å². The molecule has 0 bridgehead atoms. The zero-order valence-corrected chi connectivity index (χ0v) is 33.6. The predicted octanol–water partition coefficient (Wildman–Crippen LogP) is 7.40. The van der Waals surface area contributed by atoms with Gasteiger partial charge in [-0.3, -0.25) is 9.35 Å². The summed E-state index contributed by atoms with van der Waals surface area (Å²) >= 11 is 0. The maximum Gasteiger partial charge on any atom is 0.397 e. The third kappa shape index (κ3) is 26.6. The first-order valence-electron chi connectivity index (χ1n) is 20.0. The quantitative estimate of drug-likeness (QED) is 0.0225. The van der Waals surface area contributed by atoms with Crippen molar-refractivity contribution in [1.29, 1.82) is 0 Å². The zero-order chi connectivity index (χ0) is 39.7. The van der Waals surface area contributed by atoms with Crippen molar-refractivity contribution in [2.45, 2.75) is 166 Å². The second kappa shape index (κ2) is 33.0. The Labute approximate surface area is 325 Å². The van der Waals surface area contributed by atoms with Crippen LogP contribution in [-0.2, 0) is 38.3 Å². The maximum absolute atomic E-state index is 12.8. The first-order valence-corrected chi connectivity index (χ1v) is 21.4. The van der Waals surface area contributed by atoms with E-state index in [4.69, 9.17) is 23.5 Å². The number of aliphatic hydroxyl groups excluding tert-OH is 3. The van der Waals surface area contributed by atoms with Gasteiger partial charge in [0.25, 0.3) is 0 Å². The number of unbranched alkanes of at least 4 members (excludes halogenated alkanes) is 10. The van der Waals surface area contributed by atoms with E-state index in [1.54, 1.807) is 0 Å². The van der Waals surface area contributed by atoms with Crippen LogP contribution in [0.2, 0.25) is 0 Å². The lowest BCUT2D eigenvalue weighted by molar-refractivity contribution is -0.301. The Kier molecular flexibility index (Phi) is 30.4. The molecule has 0 saturated carbocycles. The molecule has 0 spiro atoms. The van der Waals surface area contributed by atoms with Crippen molar-refractivity contribution in [2.24, 2.45) is 0 Å². The van der Waals surface area contributed by atoms with Crippen LogP contribution in [0.5, 0.6) is 0 Å². The lowest BCUT2D eigenvalue weighted by Gasteiger charge is -2.41. The van der Waals surface area contributed by atoms with Crippen molar-refractivity contribution in [1.82, 2.24) is 0 Å². The molecule has 1 rings (SSSR count). The van der Waals surface area contributed by atoms with Gasteiger partial charge >= 0.3 is 16.4 Å². The lowest BCUT2D eigenvalue weighted by atomic mass is 9.99. The minimum absolute atomic E-state index is 0.00805. The van der Waals surface area contributed by atoms with Crippen molar-refractivity contribution < 1.29 is 56.2 Å². The molecule has 0 amide bonds. The SMILES string of the molecule is CC/C=C\C/C=C\C/C=C\C/C=C\CCCOCC(COC1OC(CO)C(O)C(OS(=O)(=O)O)C1O)OC(=O)CCCCCCC/C=C\CCCCCC. The van der Waals surface area contributed by atoms with Gasteiger partial charge in [-0.05, 0) is 70.6 Å². The molecule has 12 nitrogen and oxygen atoms in total. The highest BCUT2D eigenvalue weighted by Crippen LogP contribution is 2.26. The normalized spacial score (nSPS) is 21.8. The number of allylic oxidation sites excluding steroid dienone is 10. The molecule has 1 aliphatic heterocycles. The summed E-state index contributed by atoms with van der Waals surface area (Å²) in [6.45, 7) is 3.67. The largest absolute Gasteiger partial charge is 0.457 e. The summed E-state index contributed by atoms with van der Waals surface area (Å²) in [6.07, 6.45) is 29.9. The molecule has 0 aromatic carbocycles. The van der Waals surface area contributed by atoms with Gasteiger partial charge in [0.2, 0.25) is 0 Å².